The van der Waals surface area contributed by atoms with Gasteiger partial charge in [-0.2, -0.15) is 5.10 Å². The number of hydrogen-bond acceptors (Lipinski definition) is 8. The number of carbonyl (C=O) groups is 1. The van der Waals surface area contributed by atoms with Crippen LogP contribution in [0, 0.1) is 6.92 Å². The quantitative estimate of drug-likeness (QED) is 0.553. The summed E-state index contributed by atoms with van der Waals surface area (Å²) in [4.78, 5) is 23.2. The normalized spacial score (nSPS) is 15.3. The number of methoxy groups -OCH3 is 1. The maximum absolute atomic E-state index is 12.3. The van der Waals surface area contributed by atoms with Gasteiger partial charge in [-0.15, -0.1) is 0 Å². The van der Waals surface area contributed by atoms with Crippen LogP contribution in [0.15, 0.2) is 36.7 Å². The molecular formula is C22H27N7O3. The third-order valence-electron chi connectivity index (χ3n) is 5.18. The highest BCUT2D eigenvalue weighted by molar-refractivity contribution is 6.03. The second kappa shape index (κ2) is 9.23. The Bertz CT molecular complexity index is 1110. The lowest BCUT2D eigenvalue weighted by Gasteiger charge is -2.35. The van der Waals surface area contributed by atoms with Crippen molar-refractivity contribution in [3.8, 4) is 5.88 Å². The van der Waals surface area contributed by atoms with Gasteiger partial charge in [0, 0.05) is 44.1 Å². The number of anilines is 3. The average molecular weight is 438 g/mol. The van der Waals surface area contributed by atoms with Gasteiger partial charge in [0.25, 0.3) is 5.91 Å². The molecule has 3 aromatic heterocycles. The number of nitrogens with one attached hydrogen (secondary N) is 2. The number of carbonyl (C=O) groups excluding carboxylic acids is 1. The fourth-order valence-corrected chi connectivity index (χ4v) is 3.61. The summed E-state index contributed by atoms with van der Waals surface area (Å²) in [6.07, 6.45) is 3.12. The highest BCUT2D eigenvalue weighted by Gasteiger charge is 2.32. The van der Waals surface area contributed by atoms with Crippen LogP contribution in [0.25, 0.3) is 0 Å². The minimum Gasteiger partial charge on any atom is -0.481 e. The van der Waals surface area contributed by atoms with Gasteiger partial charge in [-0.25, -0.2) is 9.97 Å². The molecule has 0 saturated carbocycles. The second-order valence-corrected chi connectivity index (χ2v) is 7.47. The highest BCUT2D eigenvalue weighted by Crippen LogP contribution is 2.35. The monoisotopic (exact) mass is 437 g/mol. The molecule has 0 saturated heterocycles. The molecule has 4 heterocycles. The summed E-state index contributed by atoms with van der Waals surface area (Å²) in [6, 6.07) is 7.58. The number of nitrogens with zero attached hydrogens (tertiary/aromatic N) is 5. The van der Waals surface area contributed by atoms with E-state index in [0.717, 1.165) is 22.6 Å². The summed E-state index contributed by atoms with van der Waals surface area (Å²) in [6.45, 7) is 5.30. The van der Waals surface area contributed by atoms with Crippen molar-refractivity contribution in [2.75, 3.05) is 36.3 Å². The Balaban J connectivity index is 1.45. The van der Waals surface area contributed by atoms with E-state index in [-0.39, 0.29) is 5.91 Å². The molecule has 168 valence electrons. The molecule has 0 fully saturated rings. The standard InChI is InChI=1S/C22H27N7O3/c1-5-32-22-21(30)27-20-14(2)25-18(9-17(20)28(22)3)23-10-15-11-24-29(12-15)13-16-7-6-8-19(26-16)31-4/h6-9,11-12,22H,5,10,13H2,1-4H3,(H,23,25)(H,27,30). The van der Waals surface area contributed by atoms with Crippen LogP contribution in [0.4, 0.5) is 17.2 Å². The van der Waals surface area contributed by atoms with Crippen LogP contribution in [-0.4, -0.2) is 52.6 Å². The Morgan fingerprint density at radius 2 is 2.12 bits per heavy atom. The van der Waals surface area contributed by atoms with Crippen molar-refractivity contribution in [1.29, 1.82) is 0 Å². The van der Waals surface area contributed by atoms with E-state index in [9.17, 15) is 4.79 Å². The fourth-order valence-electron chi connectivity index (χ4n) is 3.61. The Labute approximate surface area is 186 Å². The number of likely N-dealkylation sites (N-methyl/N-ethyl adjacent to an activating group) is 1. The topological polar surface area (TPSA) is 106 Å². The van der Waals surface area contributed by atoms with Crippen LogP contribution in [0.5, 0.6) is 5.88 Å². The number of rotatable bonds is 8. The van der Waals surface area contributed by atoms with Gasteiger partial charge in [-0.3, -0.25) is 9.48 Å². The van der Waals surface area contributed by atoms with Crippen LogP contribution in [0.2, 0.25) is 0 Å². The van der Waals surface area contributed by atoms with Crippen LogP contribution >= 0.6 is 0 Å². The maximum atomic E-state index is 12.3. The molecule has 0 radical (unpaired) electrons. The van der Waals surface area contributed by atoms with Gasteiger partial charge in [-0.05, 0) is 19.9 Å². The molecule has 10 heteroatoms. The molecule has 0 aromatic carbocycles. The van der Waals surface area contributed by atoms with Gasteiger partial charge in [-0.1, -0.05) is 6.07 Å². The van der Waals surface area contributed by atoms with Crippen molar-refractivity contribution in [1.82, 2.24) is 19.7 Å². The highest BCUT2D eigenvalue weighted by atomic mass is 16.5. The number of hydrogen-bond donors (Lipinski definition) is 2. The van der Waals surface area contributed by atoms with Crippen molar-refractivity contribution in [3.05, 3.63) is 53.6 Å². The lowest BCUT2D eigenvalue weighted by Crippen LogP contribution is -2.48. The third-order valence-corrected chi connectivity index (χ3v) is 5.18. The molecule has 2 N–H and O–H groups in total. The number of aromatic nitrogens is 4. The van der Waals surface area contributed by atoms with E-state index in [1.165, 1.54) is 0 Å². The van der Waals surface area contributed by atoms with Gasteiger partial charge < -0.3 is 25.0 Å². The minimum atomic E-state index is -0.661. The molecule has 1 unspecified atom stereocenters. The molecular weight excluding hydrogens is 410 g/mol. The smallest absolute Gasteiger partial charge is 0.274 e. The zero-order valence-corrected chi connectivity index (χ0v) is 18.6. The zero-order valence-electron chi connectivity index (χ0n) is 18.6. The zero-order chi connectivity index (χ0) is 22.7. The van der Waals surface area contributed by atoms with E-state index in [0.29, 0.717) is 37.1 Å². The van der Waals surface area contributed by atoms with Gasteiger partial charge in [0.1, 0.15) is 5.82 Å². The van der Waals surface area contributed by atoms with Crippen molar-refractivity contribution in [3.63, 3.8) is 0 Å². The molecule has 10 nitrogen and oxygen atoms in total. The molecule has 1 aliphatic heterocycles. The predicted octanol–water partition coefficient (Wildman–Crippen LogP) is 2.40. The van der Waals surface area contributed by atoms with Crippen molar-refractivity contribution in [2.45, 2.75) is 33.2 Å². The van der Waals surface area contributed by atoms with Gasteiger partial charge in [0.2, 0.25) is 12.1 Å². The molecule has 3 aromatic rings. The van der Waals surface area contributed by atoms with Crippen LogP contribution in [0.1, 0.15) is 23.9 Å². The van der Waals surface area contributed by atoms with Crippen LogP contribution in [0.3, 0.4) is 0 Å². The first-order valence-electron chi connectivity index (χ1n) is 10.4. The van der Waals surface area contributed by atoms with Gasteiger partial charge in [0.15, 0.2) is 0 Å². The molecule has 1 atom stereocenters. The fraction of sp³-hybridized carbons (Fsp3) is 0.364. The number of ether oxygens (including phenoxy) is 2. The first-order chi connectivity index (χ1) is 15.5. The minimum absolute atomic E-state index is 0.189. The van der Waals surface area contributed by atoms with Crippen LogP contribution < -0.4 is 20.3 Å². The predicted molar refractivity (Wildman–Crippen MR) is 121 cm³/mol. The van der Waals surface area contributed by atoms with Crippen molar-refractivity contribution >= 4 is 23.1 Å². The lowest BCUT2D eigenvalue weighted by atomic mass is 10.1. The molecule has 32 heavy (non-hydrogen) atoms. The van der Waals surface area contributed by atoms with Crippen molar-refractivity contribution < 1.29 is 14.3 Å². The van der Waals surface area contributed by atoms with E-state index in [1.807, 2.05) is 67.1 Å². The summed E-state index contributed by atoms with van der Waals surface area (Å²) in [7, 11) is 3.45. The lowest BCUT2D eigenvalue weighted by molar-refractivity contribution is -0.127. The van der Waals surface area contributed by atoms with Gasteiger partial charge in [0.05, 0.1) is 42.6 Å². The van der Waals surface area contributed by atoms with E-state index in [2.05, 4.69) is 25.7 Å². The van der Waals surface area contributed by atoms with Crippen LogP contribution in [-0.2, 0) is 22.6 Å². The Morgan fingerprint density at radius 1 is 1.28 bits per heavy atom. The largest absolute Gasteiger partial charge is 0.481 e. The summed E-state index contributed by atoms with van der Waals surface area (Å²) in [5, 5.41) is 10.7. The number of pyridine rings is 2. The molecule has 1 aliphatic rings. The Kier molecular flexibility index (Phi) is 6.22. The second-order valence-electron chi connectivity index (χ2n) is 7.47. The van der Waals surface area contributed by atoms with E-state index < -0.39 is 6.23 Å². The number of aryl methyl sites for hydroxylation is 1. The molecule has 1 amide bonds. The van der Waals surface area contributed by atoms with E-state index >= 15 is 0 Å². The van der Waals surface area contributed by atoms with Gasteiger partial charge >= 0.3 is 0 Å². The molecule has 0 spiro atoms. The summed E-state index contributed by atoms with van der Waals surface area (Å²) >= 11 is 0. The summed E-state index contributed by atoms with van der Waals surface area (Å²) in [5.74, 6) is 1.10. The average Bonchev–Trinajstić information content (AvgIpc) is 3.23. The summed E-state index contributed by atoms with van der Waals surface area (Å²) < 4.78 is 12.6. The first-order valence-corrected chi connectivity index (χ1v) is 10.4. The molecule has 0 aliphatic carbocycles. The Hall–Kier alpha value is -3.66. The number of amides is 1. The summed E-state index contributed by atoms with van der Waals surface area (Å²) in [5.41, 5.74) is 4.18. The van der Waals surface area contributed by atoms with Crippen molar-refractivity contribution in [2.24, 2.45) is 0 Å². The first kappa shape index (κ1) is 21.6. The SMILES string of the molecule is CCOC1C(=O)Nc2c(cc(NCc3cnn(Cc4cccc(OC)n4)c3)nc2C)N1C. The maximum Gasteiger partial charge on any atom is 0.274 e. The van der Waals surface area contributed by atoms with E-state index in [4.69, 9.17) is 9.47 Å². The third kappa shape index (κ3) is 4.50. The molecule has 0 bridgehead atoms. The van der Waals surface area contributed by atoms with E-state index in [1.54, 1.807) is 7.11 Å². The number of fused-ring (bicyclic) bond motifs is 1. The Morgan fingerprint density at radius 3 is 2.91 bits per heavy atom. The molecule has 4 rings (SSSR count).